The molecule has 2 aromatic carbocycles. The Kier molecular flexibility index (Phi) is 9.85. The van der Waals surface area contributed by atoms with Crippen LogP contribution in [0.5, 0.6) is 11.5 Å². The van der Waals surface area contributed by atoms with Gasteiger partial charge in [0.25, 0.3) is 0 Å². The van der Waals surface area contributed by atoms with E-state index in [2.05, 4.69) is 5.32 Å². The van der Waals surface area contributed by atoms with E-state index in [0.29, 0.717) is 25.1 Å². The van der Waals surface area contributed by atoms with Gasteiger partial charge in [0.05, 0.1) is 14.2 Å². The third-order valence-corrected chi connectivity index (χ3v) is 5.51. The summed E-state index contributed by atoms with van der Waals surface area (Å²) in [5.41, 5.74) is 1.64. The quantitative estimate of drug-likeness (QED) is 0.585. The highest BCUT2D eigenvalue weighted by Crippen LogP contribution is 2.24. The molecule has 2 aromatic rings. The maximum Gasteiger partial charge on any atom is 0.241 e. The van der Waals surface area contributed by atoms with Gasteiger partial charge in [-0.05, 0) is 67.3 Å². The van der Waals surface area contributed by atoms with Crippen molar-refractivity contribution in [2.75, 3.05) is 20.8 Å². The zero-order valence-electron chi connectivity index (χ0n) is 16.8. The summed E-state index contributed by atoms with van der Waals surface area (Å²) in [5, 5.41) is 8.72. The minimum absolute atomic E-state index is 0. The van der Waals surface area contributed by atoms with Crippen molar-refractivity contribution in [3.63, 3.8) is 0 Å². The number of primary sulfonamides is 1. The van der Waals surface area contributed by atoms with E-state index in [0.717, 1.165) is 17.5 Å². The van der Waals surface area contributed by atoms with Gasteiger partial charge in [0.2, 0.25) is 10.0 Å². The Morgan fingerprint density at radius 1 is 1.10 bits per heavy atom. The van der Waals surface area contributed by atoms with Gasteiger partial charge >= 0.3 is 0 Å². The minimum atomic E-state index is -3.87. The van der Waals surface area contributed by atoms with Gasteiger partial charge in [-0.1, -0.05) is 13.0 Å². The fraction of sp³-hybridized carbons (Fsp3) is 0.400. The van der Waals surface area contributed by atoms with Crippen LogP contribution in [-0.2, 0) is 22.9 Å². The number of benzene rings is 2. The maximum absolute atomic E-state index is 13.5. The lowest BCUT2D eigenvalue weighted by atomic mass is 10.0. The summed E-state index contributed by atoms with van der Waals surface area (Å²) in [4.78, 5) is -0.0214. The molecule has 2 rings (SSSR count). The van der Waals surface area contributed by atoms with E-state index in [9.17, 15) is 12.8 Å². The lowest BCUT2D eigenvalue weighted by Crippen LogP contribution is -2.32. The number of methoxy groups -OCH3 is 2. The maximum atomic E-state index is 13.5. The molecule has 0 aliphatic rings. The Morgan fingerprint density at radius 2 is 1.76 bits per heavy atom. The van der Waals surface area contributed by atoms with Crippen LogP contribution in [0.25, 0.3) is 0 Å². The first-order valence-electron chi connectivity index (χ1n) is 9.04. The molecule has 3 N–H and O–H groups in total. The number of ether oxygens (including phenoxy) is 2. The van der Waals surface area contributed by atoms with Gasteiger partial charge in [-0.3, -0.25) is 0 Å². The van der Waals surface area contributed by atoms with Crippen molar-refractivity contribution in [1.82, 2.24) is 5.32 Å². The molecular weight excluding hydrogens is 419 g/mol. The largest absolute Gasteiger partial charge is 0.496 e. The number of halogens is 2. The molecular formula is C20H28ClFN2O4S. The van der Waals surface area contributed by atoms with Crippen molar-refractivity contribution in [1.29, 1.82) is 0 Å². The van der Waals surface area contributed by atoms with Gasteiger partial charge in [-0.2, -0.15) is 0 Å². The van der Waals surface area contributed by atoms with Crippen molar-refractivity contribution in [2.45, 2.75) is 37.1 Å². The number of rotatable bonds is 10. The van der Waals surface area contributed by atoms with Crippen LogP contribution >= 0.6 is 12.4 Å². The van der Waals surface area contributed by atoms with Gasteiger partial charge in [-0.15, -0.1) is 12.4 Å². The Labute approximate surface area is 178 Å². The standard InChI is InChI=1S/C20H27FN2O4S.ClH/c1-4-17(23-10-9-15-13-16(21)6-8-18(15)26-2)11-14-5-7-19(27-3)20(12-14)28(22,24)25;/h5-8,12-13,17,23H,4,9-11H2,1-3H3,(H2,22,24,25);1H. The number of nitrogens with two attached hydrogens (primary N) is 1. The molecule has 0 radical (unpaired) electrons. The molecule has 1 unspecified atom stereocenters. The SMILES string of the molecule is CCC(Cc1ccc(OC)c(S(N)(=O)=O)c1)NCCc1cc(F)ccc1OC.Cl. The van der Waals surface area contributed by atoms with Crippen LogP contribution in [-0.4, -0.2) is 35.2 Å². The second kappa shape index (κ2) is 11.3. The van der Waals surface area contributed by atoms with Gasteiger partial charge in [0.15, 0.2) is 0 Å². The second-order valence-corrected chi connectivity index (χ2v) is 8.03. The molecule has 0 amide bonds. The third-order valence-electron chi connectivity index (χ3n) is 4.58. The molecule has 0 aliphatic heterocycles. The van der Waals surface area contributed by atoms with E-state index >= 15 is 0 Å². The monoisotopic (exact) mass is 446 g/mol. The second-order valence-electron chi connectivity index (χ2n) is 6.50. The van der Waals surface area contributed by atoms with Crippen molar-refractivity contribution < 1.29 is 22.3 Å². The van der Waals surface area contributed by atoms with Crippen LogP contribution < -0.4 is 19.9 Å². The van der Waals surface area contributed by atoms with Gasteiger partial charge in [-0.25, -0.2) is 17.9 Å². The van der Waals surface area contributed by atoms with E-state index in [-0.39, 0.29) is 34.9 Å². The van der Waals surface area contributed by atoms with Crippen molar-refractivity contribution in [2.24, 2.45) is 5.14 Å². The molecule has 0 aromatic heterocycles. The van der Waals surface area contributed by atoms with E-state index in [1.54, 1.807) is 25.3 Å². The molecule has 0 bridgehead atoms. The lowest BCUT2D eigenvalue weighted by molar-refractivity contribution is 0.402. The predicted octanol–water partition coefficient (Wildman–Crippen LogP) is 3.07. The topological polar surface area (TPSA) is 90.7 Å². The van der Waals surface area contributed by atoms with Crippen molar-refractivity contribution in [3.8, 4) is 11.5 Å². The highest BCUT2D eigenvalue weighted by Gasteiger charge is 2.17. The molecule has 1 atom stereocenters. The molecule has 0 aliphatic carbocycles. The summed E-state index contributed by atoms with van der Waals surface area (Å²) in [6, 6.07) is 9.58. The molecule has 0 fully saturated rings. The van der Waals surface area contributed by atoms with Crippen LogP contribution in [0.3, 0.4) is 0 Å². The Hall–Kier alpha value is -1.87. The number of hydrogen-bond donors (Lipinski definition) is 2. The third kappa shape index (κ3) is 7.15. The molecule has 29 heavy (non-hydrogen) atoms. The highest BCUT2D eigenvalue weighted by molar-refractivity contribution is 7.89. The molecule has 0 saturated heterocycles. The average Bonchev–Trinajstić information content (AvgIpc) is 2.66. The lowest BCUT2D eigenvalue weighted by Gasteiger charge is -2.18. The van der Waals surface area contributed by atoms with E-state index in [1.165, 1.54) is 19.2 Å². The Morgan fingerprint density at radius 3 is 2.34 bits per heavy atom. The minimum Gasteiger partial charge on any atom is -0.496 e. The first kappa shape index (κ1) is 25.2. The fourth-order valence-electron chi connectivity index (χ4n) is 3.07. The first-order valence-corrected chi connectivity index (χ1v) is 10.6. The summed E-state index contributed by atoms with van der Waals surface area (Å²) in [6.45, 7) is 2.68. The van der Waals surface area contributed by atoms with Gasteiger partial charge in [0, 0.05) is 6.04 Å². The number of hydrogen-bond acceptors (Lipinski definition) is 5. The summed E-state index contributed by atoms with van der Waals surface area (Å²) in [7, 11) is -0.905. The molecule has 0 heterocycles. The summed E-state index contributed by atoms with van der Waals surface area (Å²) in [6.07, 6.45) is 2.09. The molecule has 162 valence electrons. The normalized spacial score (nSPS) is 12.2. The van der Waals surface area contributed by atoms with Crippen LogP contribution in [0.4, 0.5) is 4.39 Å². The number of sulfonamides is 1. The van der Waals surface area contributed by atoms with Crippen LogP contribution in [0, 0.1) is 5.82 Å². The smallest absolute Gasteiger partial charge is 0.241 e. The van der Waals surface area contributed by atoms with Crippen molar-refractivity contribution >= 4 is 22.4 Å². The Bertz CT molecular complexity index is 909. The van der Waals surface area contributed by atoms with E-state index in [4.69, 9.17) is 14.6 Å². The van der Waals surface area contributed by atoms with Crippen LogP contribution in [0.15, 0.2) is 41.3 Å². The summed E-state index contributed by atoms with van der Waals surface area (Å²) in [5.74, 6) is 0.589. The highest BCUT2D eigenvalue weighted by atomic mass is 35.5. The summed E-state index contributed by atoms with van der Waals surface area (Å²) < 4.78 is 47.4. The van der Waals surface area contributed by atoms with Gasteiger partial charge in [0.1, 0.15) is 22.2 Å². The summed E-state index contributed by atoms with van der Waals surface area (Å²) >= 11 is 0. The van der Waals surface area contributed by atoms with Crippen LogP contribution in [0.1, 0.15) is 24.5 Å². The van der Waals surface area contributed by atoms with Crippen molar-refractivity contribution in [3.05, 3.63) is 53.3 Å². The molecule has 0 saturated carbocycles. The van der Waals surface area contributed by atoms with Crippen LogP contribution in [0.2, 0.25) is 0 Å². The number of nitrogens with one attached hydrogen (secondary N) is 1. The molecule has 6 nitrogen and oxygen atoms in total. The fourth-order valence-corrected chi connectivity index (χ4v) is 3.82. The van der Waals surface area contributed by atoms with E-state index < -0.39 is 10.0 Å². The van der Waals surface area contributed by atoms with E-state index in [1.807, 2.05) is 13.0 Å². The zero-order valence-corrected chi connectivity index (χ0v) is 18.4. The van der Waals surface area contributed by atoms with Gasteiger partial charge < -0.3 is 14.8 Å². The first-order chi connectivity index (χ1) is 13.3. The molecule has 9 heteroatoms. The predicted molar refractivity (Wildman–Crippen MR) is 114 cm³/mol. The zero-order chi connectivity index (χ0) is 20.7. The molecule has 0 spiro atoms. The Balaban J connectivity index is 0.00000420. The average molecular weight is 447 g/mol.